The molecule has 0 unspecified atom stereocenters. The molecule has 7 nitrogen and oxygen atoms in total. The molecule has 0 spiro atoms. The van der Waals surface area contributed by atoms with Gasteiger partial charge in [-0.1, -0.05) is 84.4 Å². The van der Waals surface area contributed by atoms with Crippen LogP contribution >= 0.6 is 11.6 Å². The van der Waals surface area contributed by atoms with Gasteiger partial charge in [0.05, 0.1) is 17.0 Å². The van der Waals surface area contributed by atoms with E-state index in [2.05, 4.69) is 5.32 Å². The largest absolute Gasteiger partial charge is 0.357 e. The maximum absolute atomic E-state index is 13.7. The number of amides is 2. The fraction of sp³-hybridized carbons (Fsp3) is 0.231. The highest BCUT2D eigenvalue weighted by atomic mass is 35.5. The molecule has 0 heterocycles. The Morgan fingerprint density at radius 1 is 0.886 bits per heavy atom. The van der Waals surface area contributed by atoms with Crippen molar-refractivity contribution < 1.29 is 18.0 Å². The molecule has 35 heavy (non-hydrogen) atoms. The Hall–Kier alpha value is -3.36. The summed E-state index contributed by atoms with van der Waals surface area (Å²) in [6, 6.07) is 24.2. The third-order valence-electron chi connectivity index (χ3n) is 5.51. The lowest BCUT2D eigenvalue weighted by Crippen LogP contribution is -2.52. The van der Waals surface area contributed by atoms with Gasteiger partial charge < -0.3 is 10.2 Å². The number of likely N-dealkylation sites (N-methyl/N-ethyl adjacent to an activating group) is 1. The SMILES string of the molecule is CNC(=O)[C@@H](Cc1ccccc1)N(Cc1ccccc1)C(=O)CN(c1ccccc1Cl)S(C)(=O)=O. The van der Waals surface area contributed by atoms with Gasteiger partial charge in [-0.15, -0.1) is 0 Å². The Morgan fingerprint density at radius 2 is 1.43 bits per heavy atom. The minimum absolute atomic E-state index is 0.130. The van der Waals surface area contributed by atoms with Crippen LogP contribution in [0.3, 0.4) is 0 Å². The van der Waals surface area contributed by atoms with Gasteiger partial charge in [0, 0.05) is 20.0 Å². The van der Waals surface area contributed by atoms with Crippen molar-refractivity contribution in [2.45, 2.75) is 19.0 Å². The number of carbonyl (C=O) groups is 2. The van der Waals surface area contributed by atoms with E-state index >= 15 is 0 Å². The standard InChI is InChI=1S/C26H28ClN3O4S/c1-28-26(32)24(17-20-11-5-3-6-12-20)29(18-21-13-7-4-8-14-21)25(31)19-30(35(2,33)34)23-16-10-9-15-22(23)27/h3-16,24H,17-19H2,1-2H3,(H,28,32)/t24-/m1/s1. The van der Waals surface area contributed by atoms with Crippen LogP contribution in [0.25, 0.3) is 0 Å². The summed E-state index contributed by atoms with van der Waals surface area (Å²) in [5.41, 5.74) is 1.88. The number of nitrogens with one attached hydrogen (secondary N) is 1. The van der Waals surface area contributed by atoms with Gasteiger partial charge in [-0.25, -0.2) is 8.42 Å². The second-order valence-electron chi connectivity index (χ2n) is 8.05. The number of anilines is 1. The number of para-hydroxylation sites is 1. The van der Waals surface area contributed by atoms with E-state index in [1.54, 1.807) is 24.3 Å². The van der Waals surface area contributed by atoms with Crippen LogP contribution in [0.5, 0.6) is 0 Å². The first-order chi connectivity index (χ1) is 16.7. The van der Waals surface area contributed by atoms with Crippen LogP contribution in [0.4, 0.5) is 5.69 Å². The van der Waals surface area contributed by atoms with E-state index in [4.69, 9.17) is 11.6 Å². The molecule has 0 aliphatic heterocycles. The molecule has 3 rings (SSSR count). The Bertz CT molecular complexity index is 1250. The number of sulfonamides is 1. The van der Waals surface area contributed by atoms with E-state index in [1.165, 1.54) is 11.9 Å². The molecule has 1 N–H and O–H groups in total. The smallest absolute Gasteiger partial charge is 0.244 e. The molecule has 184 valence electrons. The zero-order valence-electron chi connectivity index (χ0n) is 19.6. The first-order valence-electron chi connectivity index (χ1n) is 11.0. The van der Waals surface area contributed by atoms with Crippen molar-refractivity contribution in [2.75, 3.05) is 24.2 Å². The van der Waals surface area contributed by atoms with E-state index in [1.807, 2.05) is 60.7 Å². The second-order valence-corrected chi connectivity index (χ2v) is 10.4. The molecule has 0 bridgehead atoms. The second kappa shape index (κ2) is 11.9. The van der Waals surface area contributed by atoms with Gasteiger partial charge in [-0.2, -0.15) is 0 Å². The summed E-state index contributed by atoms with van der Waals surface area (Å²) in [7, 11) is -2.34. The Labute approximate surface area is 211 Å². The van der Waals surface area contributed by atoms with Crippen molar-refractivity contribution in [3.8, 4) is 0 Å². The number of carbonyl (C=O) groups excluding carboxylic acids is 2. The van der Waals surface area contributed by atoms with Gasteiger partial charge in [0.15, 0.2) is 0 Å². The van der Waals surface area contributed by atoms with Crippen LogP contribution in [-0.4, -0.2) is 51.0 Å². The summed E-state index contributed by atoms with van der Waals surface area (Å²) in [5.74, 6) is -0.870. The number of halogens is 1. The average molecular weight is 514 g/mol. The van der Waals surface area contributed by atoms with Gasteiger partial charge in [0.25, 0.3) is 0 Å². The zero-order chi connectivity index (χ0) is 25.4. The lowest BCUT2D eigenvalue weighted by atomic mass is 10.0. The molecule has 0 radical (unpaired) electrons. The maximum atomic E-state index is 13.7. The summed E-state index contributed by atoms with van der Waals surface area (Å²) in [6.07, 6.45) is 1.29. The number of rotatable bonds is 10. The summed E-state index contributed by atoms with van der Waals surface area (Å²) in [4.78, 5) is 28.2. The van der Waals surface area contributed by atoms with E-state index in [-0.39, 0.29) is 29.6 Å². The van der Waals surface area contributed by atoms with E-state index in [0.29, 0.717) is 0 Å². The monoisotopic (exact) mass is 513 g/mol. The van der Waals surface area contributed by atoms with Crippen molar-refractivity contribution in [3.05, 3.63) is 101 Å². The maximum Gasteiger partial charge on any atom is 0.244 e. The van der Waals surface area contributed by atoms with Crippen LogP contribution < -0.4 is 9.62 Å². The van der Waals surface area contributed by atoms with Crippen LogP contribution in [-0.2, 0) is 32.6 Å². The van der Waals surface area contributed by atoms with Crippen LogP contribution in [0, 0.1) is 0 Å². The third-order valence-corrected chi connectivity index (χ3v) is 6.96. The molecular weight excluding hydrogens is 486 g/mol. The van der Waals surface area contributed by atoms with Gasteiger partial charge in [0.1, 0.15) is 12.6 Å². The van der Waals surface area contributed by atoms with Crippen molar-refractivity contribution in [3.63, 3.8) is 0 Å². The summed E-state index contributed by atoms with van der Waals surface area (Å²) < 4.78 is 26.3. The van der Waals surface area contributed by atoms with Crippen molar-refractivity contribution in [1.82, 2.24) is 10.2 Å². The van der Waals surface area contributed by atoms with Crippen molar-refractivity contribution in [2.24, 2.45) is 0 Å². The minimum Gasteiger partial charge on any atom is -0.357 e. The number of benzene rings is 3. The van der Waals surface area contributed by atoms with Gasteiger partial charge in [-0.3, -0.25) is 13.9 Å². The molecular formula is C26H28ClN3O4S. The molecule has 0 saturated carbocycles. The normalized spacial score (nSPS) is 12.0. The Balaban J connectivity index is 2.01. The highest BCUT2D eigenvalue weighted by Crippen LogP contribution is 2.27. The highest BCUT2D eigenvalue weighted by molar-refractivity contribution is 7.92. The van der Waals surface area contributed by atoms with Crippen LogP contribution in [0.1, 0.15) is 11.1 Å². The fourth-order valence-corrected chi connectivity index (χ4v) is 4.90. The predicted molar refractivity (Wildman–Crippen MR) is 139 cm³/mol. The third kappa shape index (κ3) is 7.07. The number of hydrogen-bond donors (Lipinski definition) is 1. The number of nitrogens with zero attached hydrogens (tertiary/aromatic N) is 2. The lowest BCUT2D eigenvalue weighted by molar-refractivity contribution is -0.139. The summed E-state index contributed by atoms with van der Waals surface area (Å²) in [5, 5.41) is 2.85. The molecule has 0 aromatic heterocycles. The van der Waals surface area contributed by atoms with Gasteiger partial charge in [-0.05, 0) is 23.3 Å². The first-order valence-corrected chi connectivity index (χ1v) is 13.2. The summed E-state index contributed by atoms with van der Waals surface area (Å²) in [6.45, 7) is -0.373. The molecule has 3 aromatic carbocycles. The lowest BCUT2D eigenvalue weighted by Gasteiger charge is -2.33. The number of hydrogen-bond acceptors (Lipinski definition) is 4. The summed E-state index contributed by atoms with van der Waals surface area (Å²) >= 11 is 6.27. The minimum atomic E-state index is -3.85. The van der Waals surface area contributed by atoms with Crippen molar-refractivity contribution in [1.29, 1.82) is 0 Å². The molecule has 0 aliphatic carbocycles. The van der Waals surface area contributed by atoms with Gasteiger partial charge >= 0.3 is 0 Å². The van der Waals surface area contributed by atoms with Crippen LogP contribution in [0.15, 0.2) is 84.9 Å². The van der Waals surface area contributed by atoms with E-state index in [0.717, 1.165) is 21.7 Å². The predicted octanol–water partition coefficient (Wildman–Crippen LogP) is 3.49. The topological polar surface area (TPSA) is 86.8 Å². The van der Waals surface area contributed by atoms with Crippen molar-refractivity contribution >= 4 is 39.1 Å². The van der Waals surface area contributed by atoms with E-state index in [9.17, 15) is 18.0 Å². The highest BCUT2D eigenvalue weighted by Gasteiger charge is 2.33. The Kier molecular flexibility index (Phi) is 8.89. The van der Waals surface area contributed by atoms with E-state index < -0.39 is 28.5 Å². The molecule has 9 heteroatoms. The fourth-order valence-electron chi connectivity index (χ4n) is 3.75. The van der Waals surface area contributed by atoms with Gasteiger partial charge in [0.2, 0.25) is 21.8 Å². The molecule has 0 saturated heterocycles. The zero-order valence-corrected chi connectivity index (χ0v) is 21.2. The Morgan fingerprint density at radius 3 is 1.97 bits per heavy atom. The molecule has 2 amide bonds. The van der Waals surface area contributed by atoms with Crippen LogP contribution in [0.2, 0.25) is 5.02 Å². The molecule has 1 atom stereocenters. The molecule has 0 fully saturated rings. The quantitative estimate of drug-likeness (QED) is 0.449. The first kappa shape index (κ1) is 26.2. The average Bonchev–Trinajstić information content (AvgIpc) is 2.85. The molecule has 3 aromatic rings. The molecule has 0 aliphatic rings.